The number of anilines is 3. The van der Waals surface area contributed by atoms with E-state index in [1.54, 1.807) is 23.1 Å². The fraction of sp³-hybridized carbons (Fsp3) is 0.158. The molecule has 0 saturated heterocycles. The van der Waals surface area contributed by atoms with Gasteiger partial charge in [-0.05, 0) is 42.8 Å². The average Bonchev–Trinajstić information content (AvgIpc) is 3.03. The summed E-state index contributed by atoms with van der Waals surface area (Å²) in [6.07, 6.45) is 0. The van der Waals surface area contributed by atoms with Gasteiger partial charge in [-0.3, -0.25) is 4.79 Å². The van der Waals surface area contributed by atoms with Crippen molar-refractivity contribution in [3.05, 3.63) is 65.2 Å². The fourth-order valence-corrected chi connectivity index (χ4v) is 3.87. The van der Waals surface area contributed by atoms with Crippen LogP contribution in [0.25, 0.3) is 0 Å². The number of para-hydroxylation sites is 1. The summed E-state index contributed by atoms with van der Waals surface area (Å²) in [5.41, 5.74) is 4.16. The fourth-order valence-electron chi connectivity index (χ4n) is 2.25. The topological polar surface area (TPSA) is 54.0 Å². The van der Waals surface area contributed by atoms with E-state index in [0.717, 1.165) is 32.8 Å². The molecule has 0 spiro atoms. The molecule has 0 aliphatic rings. The Kier molecular flexibility index (Phi) is 5.73. The largest absolute Gasteiger partial charge is 0.331 e. The number of hydrogen-bond acceptors (Lipinski definition) is 5. The minimum atomic E-state index is -0.0587. The van der Waals surface area contributed by atoms with Gasteiger partial charge < -0.3 is 10.6 Å². The molecule has 2 aromatic carbocycles. The first-order valence-corrected chi connectivity index (χ1v) is 9.74. The Hall–Kier alpha value is -2.31. The molecule has 0 radical (unpaired) electrons. The Bertz CT molecular complexity index is 859. The Labute approximate surface area is 155 Å². The van der Waals surface area contributed by atoms with Gasteiger partial charge in [0.1, 0.15) is 0 Å². The Balaban J connectivity index is 1.56. The highest BCUT2D eigenvalue weighted by Crippen LogP contribution is 2.28. The number of rotatable bonds is 6. The molecule has 4 nitrogen and oxygen atoms in total. The molecule has 0 aliphatic carbocycles. The second-order valence-electron chi connectivity index (χ2n) is 5.58. The predicted octanol–water partition coefficient (Wildman–Crippen LogP) is 5.45. The zero-order valence-electron chi connectivity index (χ0n) is 14.1. The van der Waals surface area contributed by atoms with Gasteiger partial charge in [-0.25, -0.2) is 4.98 Å². The van der Waals surface area contributed by atoms with Crippen molar-refractivity contribution in [1.82, 2.24) is 4.98 Å². The van der Waals surface area contributed by atoms with E-state index in [1.807, 2.05) is 36.4 Å². The van der Waals surface area contributed by atoms with Crippen LogP contribution in [0.5, 0.6) is 0 Å². The van der Waals surface area contributed by atoms with E-state index in [-0.39, 0.29) is 5.91 Å². The number of nitrogens with zero attached hydrogens (tertiary/aromatic N) is 1. The predicted molar refractivity (Wildman–Crippen MR) is 107 cm³/mol. The summed E-state index contributed by atoms with van der Waals surface area (Å²) in [4.78, 5) is 16.8. The number of thioether (sulfide) groups is 1. The van der Waals surface area contributed by atoms with Gasteiger partial charge in [-0.2, -0.15) is 0 Å². The zero-order valence-corrected chi connectivity index (χ0v) is 15.7. The average molecular weight is 370 g/mol. The number of hydrogen-bond donors (Lipinski definition) is 2. The molecule has 1 aromatic heterocycles. The minimum Gasteiger partial charge on any atom is -0.331 e. The lowest BCUT2D eigenvalue weighted by atomic mass is 10.2. The summed E-state index contributed by atoms with van der Waals surface area (Å²) >= 11 is 3.34. The number of thiazole rings is 1. The highest BCUT2D eigenvalue weighted by molar-refractivity contribution is 7.98. The number of aromatic nitrogens is 1. The molecule has 1 amide bonds. The van der Waals surface area contributed by atoms with E-state index in [2.05, 4.69) is 40.1 Å². The van der Waals surface area contributed by atoms with Crippen LogP contribution in [0.4, 0.5) is 16.5 Å². The van der Waals surface area contributed by atoms with Crippen molar-refractivity contribution in [1.29, 1.82) is 0 Å². The second-order valence-corrected chi connectivity index (χ2v) is 7.49. The molecule has 0 bridgehead atoms. The lowest BCUT2D eigenvalue weighted by Gasteiger charge is -2.05. The standard InChI is InChI=1S/C19H19N3OS2/c1-13-5-3-4-6-18(13)22-19-21-16(12-25-19)11-24-17-9-7-15(8-10-17)20-14(2)23/h3-10,12H,11H2,1-2H3,(H,20,23)(H,21,22). The summed E-state index contributed by atoms with van der Waals surface area (Å²) in [5.74, 6) is 0.752. The molecular weight excluding hydrogens is 350 g/mol. The number of aryl methyl sites for hydroxylation is 1. The van der Waals surface area contributed by atoms with Crippen LogP contribution in [0.1, 0.15) is 18.2 Å². The molecule has 2 N–H and O–H groups in total. The minimum absolute atomic E-state index is 0.0587. The van der Waals surface area contributed by atoms with Crippen LogP contribution in [-0.2, 0) is 10.5 Å². The maximum Gasteiger partial charge on any atom is 0.221 e. The SMILES string of the molecule is CC(=O)Nc1ccc(SCc2csc(Nc3ccccc3C)n2)cc1. The van der Waals surface area contributed by atoms with Crippen LogP contribution in [0.15, 0.2) is 58.8 Å². The van der Waals surface area contributed by atoms with E-state index < -0.39 is 0 Å². The van der Waals surface area contributed by atoms with Crippen molar-refractivity contribution in [2.75, 3.05) is 10.6 Å². The molecule has 0 unspecified atom stereocenters. The third-order valence-electron chi connectivity index (χ3n) is 3.50. The van der Waals surface area contributed by atoms with Gasteiger partial charge in [0, 0.05) is 34.3 Å². The van der Waals surface area contributed by atoms with Crippen molar-refractivity contribution in [3.8, 4) is 0 Å². The summed E-state index contributed by atoms with van der Waals surface area (Å²) in [5, 5.41) is 9.13. The molecule has 1 heterocycles. The van der Waals surface area contributed by atoms with Gasteiger partial charge in [0.25, 0.3) is 0 Å². The van der Waals surface area contributed by atoms with E-state index in [4.69, 9.17) is 0 Å². The molecule has 0 atom stereocenters. The van der Waals surface area contributed by atoms with Crippen molar-refractivity contribution >= 4 is 45.5 Å². The van der Waals surface area contributed by atoms with Crippen LogP contribution < -0.4 is 10.6 Å². The highest BCUT2D eigenvalue weighted by Gasteiger charge is 2.05. The quantitative estimate of drug-likeness (QED) is 0.568. The number of carbonyl (C=O) groups is 1. The molecule has 3 rings (SSSR count). The lowest BCUT2D eigenvalue weighted by Crippen LogP contribution is -2.05. The van der Waals surface area contributed by atoms with Crippen molar-refractivity contribution in [2.24, 2.45) is 0 Å². The number of benzene rings is 2. The Morgan fingerprint density at radius 2 is 1.92 bits per heavy atom. The Morgan fingerprint density at radius 3 is 2.64 bits per heavy atom. The summed E-state index contributed by atoms with van der Waals surface area (Å²) < 4.78 is 0. The molecule has 25 heavy (non-hydrogen) atoms. The molecule has 0 fully saturated rings. The molecule has 128 valence electrons. The van der Waals surface area contributed by atoms with Crippen LogP contribution >= 0.6 is 23.1 Å². The van der Waals surface area contributed by atoms with Gasteiger partial charge in [0.2, 0.25) is 5.91 Å². The van der Waals surface area contributed by atoms with Gasteiger partial charge in [-0.15, -0.1) is 23.1 Å². The summed E-state index contributed by atoms with van der Waals surface area (Å²) in [7, 11) is 0. The zero-order chi connectivity index (χ0) is 17.6. The van der Waals surface area contributed by atoms with Gasteiger partial charge in [0.15, 0.2) is 5.13 Å². The van der Waals surface area contributed by atoms with Crippen molar-refractivity contribution in [3.63, 3.8) is 0 Å². The van der Waals surface area contributed by atoms with E-state index in [9.17, 15) is 4.79 Å². The van der Waals surface area contributed by atoms with Gasteiger partial charge >= 0.3 is 0 Å². The van der Waals surface area contributed by atoms with Crippen LogP contribution in [0.2, 0.25) is 0 Å². The third kappa shape index (κ3) is 5.08. The first kappa shape index (κ1) is 17.5. The monoisotopic (exact) mass is 369 g/mol. The molecular formula is C19H19N3OS2. The highest BCUT2D eigenvalue weighted by atomic mass is 32.2. The van der Waals surface area contributed by atoms with Crippen LogP contribution in [0, 0.1) is 6.92 Å². The van der Waals surface area contributed by atoms with Crippen LogP contribution in [0.3, 0.4) is 0 Å². The van der Waals surface area contributed by atoms with Gasteiger partial charge in [-0.1, -0.05) is 18.2 Å². The number of amides is 1. The third-order valence-corrected chi connectivity index (χ3v) is 5.35. The molecule has 6 heteroatoms. The number of carbonyl (C=O) groups excluding carboxylic acids is 1. The van der Waals surface area contributed by atoms with Gasteiger partial charge in [0.05, 0.1) is 5.69 Å². The smallest absolute Gasteiger partial charge is 0.221 e. The van der Waals surface area contributed by atoms with E-state index >= 15 is 0 Å². The maximum absolute atomic E-state index is 11.0. The molecule has 0 aliphatic heterocycles. The maximum atomic E-state index is 11.0. The second kappa shape index (κ2) is 8.18. The first-order chi connectivity index (χ1) is 12.1. The lowest BCUT2D eigenvalue weighted by molar-refractivity contribution is -0.114. The molecule has 0 saturated carbocycles. The number of nitrogens with one attached hydrogen (secondary N) is 2. The summed E-state index contributed by atoms with van der Waals surface area (Å²) in [6.45, 7) is 3.59. The van der Waals surface area contributed by atoms with Crippen molar-refractivity contribution < 1.29 is 4.79 Å². The normalized spacial score (nSPS) is 10.5. The molecule has 3 aromatic rings. The van der Waals surface area contributed by atoms with Crippen LogP contribution in [-0.4, -0.2) is 10.9 Å². The van der Waals surface area contributed by atoms with E-state index in [0.29, 0.717) is 0 Å². The summed E-state index contributed by atoms with van der Waals surface area (Å²) in [6, 6.07) is 16.0. The van der Waals surface area contributed by atoms with E-state index in [1.165, 1.54) is 12.5 Å². The van der Waals surface area contributed by atoms with Crippen molar-refractivity contribution in [2.45, 2.75) is 24.5 Å². The first-order valence-electron chi connectivity index (χ1n) is 7.87. The Morgan fingerprint density at radius 1 is 1.16 bits per heavy atom.